The van der Waals surface area contributed by atoms with E-state index < -0.39 is 11.9 Å². The summed E-state index contributed by atoms with van der Waals surface area (Å²) in [6.07, 6.45) is 3.22. The third kappa shape index (κ3) is 4.42. The van der Waals surface area contributed by atoms with Gasteiger partial charge in [0.25, 0.3) is 5.91 Å². The Morgan fingerprint density at radius 1 is 0.943 bits per heavy atom. The summed E-state index contributed by atoms with van der Waals surface area (Å²) in [7, 11) is 0. The standard InChI is InChI=1S/C28H23Cl2NO4/c1-2-3-4-14-34-21-11-8-17(9-12-21)25-24-26(32)22-16-19(30)10-13-23(22)35-27(24)28(33)31(25)20-7-5-6-18(29)15-20/h5-13,15-16,25H,2-4,14H2,1H3. The third-order valence-corrected chi connectivity index (χ3v) is 6.60. The number of nitrogens with zero attached hydrogens (tertiary/aromatic N) is 1. The third-order valence-electron chi connectivity index (χ3n) is 6.13. The SMILES string of the molecule is CCCCCOc1ccc(C2c3c(oc4ccc(Cl)cc4c3=O)C(=O)N2c2cccc(Cl)c2)cc1. The zero-order valence-corrected chi connectivity index (χ0v) is 20.6. The van der Waals surface area contributed by atoms with Crippen LogP contribution in [0.4, 0.5) is 5.69 Å². The van der Waals surface area contributed by atoms with E-state index in [1.807, 2.05) is 24.3 Å². The lowest BCUT2D eigenvalue weighted by atomic mass is 9.98. The van der Waals surface area contributed by atoms with E-state index in [2.05, 4.69) is 6.92 Å². The Labute approximate surface area is 212 Å². The lowest BCUT2D eigenvalue weighted by Crippen LogP contribution is -2.29. The van der Waals surface area contributed by atoms with Gasteiger partial charge >= 0.3 is 0 Å². The number of hydrogen-bond acceptors (Lipinski definition) is 4. The zero-order valence-electron chi connectivity index (χ0n) is 19.1. The van der Waals surface area contributed by atoms with E-state index in [0.717, 1.165) is 30.6 Å². The first kappa shape index (κ1) is 23.5. The van der Waals surface area contributed by atoms with Crippen LogP contribution in [0.5, 0.6) is 5.75 Å². The molecule has 0 radical (unpaired) electrons. The maximum absolute atomic E-state index is 13.7. The first-order chi connectivity index (χ1) is 17.0. The number of rotatable bonds is 7. The second-order valence-electron chi connectivity index (χ2n) is 8.50. The van der Waals surface area contributed by atoms with E-state index in [4.69, 9.17) is 32.4 Å². The molecule has 0 spiro atoms. The van der Waals surface area contributed by atoms with E-state index in [0.29, 0.717) is 33.3 Å². The largest absolute Gasteiger partial charge is 0.494 e. The Hall–Kier alpha value is -3.28. The van der Waals surface area contributed by atoms with E-state index in [1.54, 1.807) is 47.4 Å². The van der Waals surface area contributed by atoms with Crippen LogP contribution in [-0.2, 0) is 0 Å². The Kier molecular flexibility index (Phi) is 6.54. The van der Waals surface area contributed by atoms with Crippen LogP contribution in [0, 0.1) is 0 Å². The summed E-state index contributed by atoms with van der Waals surface area (Å²) in [4.78, 5) is 28.8. The number of amides is 1. The Morgan fingerprint density at radius 2 is 1.71 bits per heavy atom. The molecule has 5 rings (SSSR count). The van der Waals surface area contributed by atoms with Crippen LogP contribution in [-0.4, -0.2) is 12.5 Å². The van der Waals surface area contributed by atoms with Gasteiger partial charge in [-0.2, -0.15) is 0 Å². The van der Waals surface area contributed by atoms with Crippen molar-refractivity contribution in [1.29, 1.82) is 0 Å². The second-order valence-corrected chi connectivity index (χ2v) is 9.37. The van der Waals surface area contributed by atoms with Crippen molar-refractivity contribution in [2.75, 3.05) is 11.5 Å². The van der Waals surface area contributed by atoms with Crippen molar-refractivity contribution in [3.8, 4) is 5.75 Å². The molecular weight excluding hydrogens is 485 g/mol. The van der Waals surface area contributed by atoms with Crippen LogP contribution in [0.3, 0.4) is 0 Å². The molecule has 2 heterocycles. The van der Waals surface area contributed by atoms with Crippen molar-refractivity contribution in [2.45, 2.75) is 32.2 Å². The average Bonchev–Trinajstić information content (AvgIpc) is 3.15. The van der Waals surface area contributed by atoms with E-state index >= 15 is 0 Å². The Balaban J connectivity index is 1.63. The van der Waals surface area contributed by atoms with Gasteiger partial charge < -0.3 is 9.15 Å². The van der Waals surface area contributed by atoms with Crippen LogP contribution in [0.15, 0.2) is 75.9 Å². The molecule has 35 heavy (non-hydrogen) atoms. The number of fused-ring (bicyclic) bond motifs is 2. The molecular formula is C28H23Cl2NO4. The number of anilines is 1. The van der Waals surface area contributed by atoms with Crippen molar-refractivity contribution < 1.29 is 13.9 Å². The van der Waals surface area contributed by atoms with Gasteiger partial charge in [0, 0.05) is 15.7 Å². The van der Waals surface area contributed by atoms with Crippen molar-refractivity contribution in [3.63, 3.8) is 0 Å². The molecule has 1 amide bonds. The van der Waals surface area contributed by atoms with Crippen LogP contribution in [0.2, 0.25) is 10.0 Å². The van der Waals surface area contributed by atoms with Gasteiger partial charge in [0.15, 0.2) is 5.43 Å². The Bertz CT molecular complexity index is 1460. The van der Waals surface area contributed by atoms with Gasteiger partial charge in [-0.15, -0.1) is 0 Å². The summed E-state index contributed by atoms with van der Waals surface area (Å²) < 4.78 is 11.8. The van der Waals surface area contributed by atoms with Gasteiger partial charge in [-0.05, 0) is 60.5 Å². The van der Waals surface area contributed by atoms with Crippen LogP contribution < -0.4 is 15.1 Å². The maximum Gasteiger partial charge on any atom is 0.295 e. The summed E-state index contributed by atoms with van der Waals surface area (Å²) >= 11 is 12.4. The summed E-state index contributed by atoms with van der Waals surface area (Å²) in [5.74, 6) is 0.358. The maximum atomic E-state index is 13.7. The van der Waals surface area contributed by atoms with E-state index in [1.165, 1.54) is 0 Å². The quantitative estimate of drug-likeness (QED) is 0.244. The van der Waals surface area contributed by atoms with Crippen LogP contribution >= 0.6 is 23.2 Å². The fraction of sp³-hybridized carbons (Fsp3) is 0.214. The van der Waals surface area contributed by atoms with Gasteiger partial charge in [-0.25, -0.2) is 0 Å². The van der Waals surface area contributed by atoms with Crippen molar-refractivity contribution >= 4 is 45.8 Å². The highest BCUT2D eigenvalue weighted by Crippen LogP contribution is 2.42. The van der Waals surface area contributed by atoms with Gasteiger partial charge in [-0.3, -0.25) is 14.5 Å². The highest BCUT2D eigenvalue weighted by atomic mass is 35.5. The van der Waals surface area contributed by atoms with Gasteiger partial charge in [-0.1, -0.05) is 61.2 Å². The smallest absolute Gasteiger partial charge is 0.295 e. The summed E-state index contributed by atoms with van der Waals surface area (Å²) in [6.45, 7) is 2.79. The predicted octanol–water partition coefficient (Wildman–Crippen LogP) is 7.42. The number of ether oxygens (including phenoxy) is 1. The topological polar surface area (TPSA) is 59.8 Å². The molecule has 4 aromatic rings. The first-order valence-corrected chi connectivity index (χ1v) is 12.3. The first-order valence-electron chi connectivity index (χ1n) is 11.6. The zero-order chi connectivity index (χ0) is 24.5. The molecule has 0 aliphatic carbocycles. The molecule has 7 heteroatoms. The number of unbranched alkanes of at least 4 members (excludes halogenated alkanes) is 2. The molecule has 0 bridgehead atoms. The molecule has 178 valence electrons. The summed E-state index contributed by atoms with van der Waals surface area (Å²) in [5, 5.41) is 1.23. The Morgan fingerprint density at radius 3 is 2.46 bits per heavy atom. The highest BCUT2D eigenvalue weighted by molar-refractivity contribution is 6.31. The number of halogens is 2. The summed E-state index contributed by atoms with van der Waals surface area (Å²) in [6, 6.07) is 18.6. The lowest BCUT2D eigenvalue weighted by Gasteiger charge is -2.25. The van der Waals surface area contributed by atoms with Crippen LogP contribution in [0.1, 0.15) is 53.9 Å². The minimum absolute atomic E-state index is 0.0229. The molecule has 0 saturated heterocycles. The molecule has 1 aliphatic rings. The molecule has 0 saturated carbocycles. The lowest BCUT2D eigenvalue weighted by molar-refractivity contribution is 0.0971. The minimum Gasteiger partial charge on any atom is -0.494 e. The molecule has 1 unspecified atom stereocenters. The number of hydrogen-bond donors (Lipinski definition) is 0. The monoisotopic (exact) mass is 507 g/mol. The molecule has 0 N–H and O–H groups in total. The van der Waals surface area contributed by atoms with E-state index in [9.17, 15) is 9.59 Å². The molecule has 0 fully saturated rings. The predicted molar refractivity (Wildman–Crippen MR) is 139 cm³/mol. The molecule has 1 aromatic heterocycles. The van der Waals surface area contributed by atoms with Crippen molar-refractivity contribution in [3.05, 3.63) is 104 Å². The molecule has 3 aromatic carbocycles. The number of carbonyl (C=O) groups is 1. The van der Waals surface area contributed by atoms with Crippen LogP contribution in [0.25, 0.3) is 11.0 Å². The van der Waals surface area contributed by atoms with Gasteiger partial charge in [0.2, 0.25) is 5.76 Å². The average molecular weight is 508 g/mol. The number of benzene rings is 3. The fourth-order valence-electron chi connectivity index (χ4n) is 4.44. The fourth-order valence-corrected chi connectivity index (χ4v) is 4.80. The molecule has 5 nitrogen and oxygen atoms in total. The van der Waals surface area contributed by atoms with Gasteiger partial charge in [0.05, 0.1) is 23.6 Å². The van der Waals surface area contributed by atoms with Crippen molar-refractivity contribution in [1.82, 2.24) is 0 Å². The normalized spacial score (nSPS) is 15.0. The number of carbonyl (C=O) groups excluding carboxylic acids is 1. The highest BCUT2D eigenvalue weighted by Gasteiger charge is 2.43. The second kappa shape index (κ2) is 9.76. The molecule has 1 atom stereocenters. The van der Waals surface area contributed by atoms with Crippen molar-refractivity contribution in [2.24, 2.45) is 0 Å². The molecule has 1 aliphatic heterocycles. The minimum atomic E-state index is -0.690. The van der Waals surface area contributed by atoms with Gasteiger partial charge in [0.1, 0.15) is 11.3 Å². The summed E-state index contributed by atoms with van der Waals surface area (Å²) in [5.41, 5.74) is 1.63. The van der Waals surface area contributed by atoms with E-state index in [-0.39, 0.29) is 16.8 Å².